The highest BCUT2D eigenvalue weighted by molar-refractivity contribution is 7.99. The lowest BCUT2D eigenvalue weighted by Gasteiger charge is -2.27. The second kappa shape index (κ2) is 6.41. The first kappa shape index (κ1) is 15.3. The van der Waals surface area contributed by atoms with Gasteiger partial charge in [0, 0.05) is 31.4 Å². The average Bonchev–Trinajstić information content (AvgIpc) is 2.77. The minimum absolute atomic E-state index is 0.187. The van der Waals surface area contributed by atoms with Crippen molar-refractivity contribution in [3.05, 3.63) is 0 Å². The number of nitrogens with zero attached hydrogens (tertiary/aromatic N) is 1. The lowest BCUT2D eigenvalue weighted by atomic mass is 10.3. The summed E-state index contributed by atoms with van der Waals surface area (Å²) in [6.07, 6.45) is 0.977. The molecule has 1 saturated heterocycles. The summed E-state index contributed by atoms with van der Waals surface area (Å²) >= 11 is 1.83. The summed E-state index contributed by atoms with van der Waals surface area (Å²) in [7, 11) is -1.44. The molecule has 0 aromatic rings. The standard InChI is InChI=1S/C11H24N2O2S2/c1-9(2)12-7-10(3)17(14,15)13(4)11-5-6-16-8-11/h9-12H,5-8H2,1-4H3. The first-order chi connectivity index (χ1) is 7.85. The zero-order valence-electron chi connectivity index (χ0n) is 11.1. The van der Waals surface area contributed by atoms with E-state index in [1.54, 1.807) is 18.3 Å². The van der Waals surface area contributed by atoms with Crippen LogP contribution in [0, 0.1) is 0 Å². The molecule has 1 aliphatic rings. The van der Waals surface area contributed by atoms with Crippen molar-refractivity contribution in [1.29, 1.82) is 0 Å². The van der Waals surface area contributed by atoms with Crippen LogP contribution >= 0.6 is 11.8 Å². The topological polar surface area (TPSA) is 49.4 Å². The van der Waals surface area contributed by atoms with E-state index < -0.39 is 10.0 Å². The van der Waals surface area contributed by atoms with Crippen molar-refractivity contribution in [2.45, 2.75) is 44.5 Å². The molecular weight excluding hydrogens is 256 g/mol. The number of rotatable bonds is 6. The molecule has 1 aliphatic heterocycles. The third kappa shape index (κ3) is 4.12. The van der Waals surface area contributed by atoms with Gasteiger partial charge in [-0.3, -0.25) is 0 Å². The number of sulfonamides is 1. The van der Waals surface area contributed by atoms with Crippen molar-refractivity contribution < 1.29 is 8.42 Å². The van der Waals surface area contributed by atoms with Crippen LogP contribution in [0.1, 0.15) is 27.2 Å². The van der Waals surface area contributed by atoms with E-state index in [2.05, 4.69) is 5.32 Å². The minimum Gasteiger partial charge on any atom is -0.313 e. The Kier molecular flexibility index (Phi) is 5.76. The molecule has 0 spiro atoms. The van der Waals surface area contributed by atoms with E-state index in [1.807, 2.05) is 25.6 Å². The number of hydrogen-bond acceptors (Lipinski definition) is 4. The van der Waals surface area contributed by atoms with Gasteiger partial charge in [0.05, 0.1) is 5.25 Å². The summed E-state index contributed by atoms with van der Waals surface area (Å²) in [6.45, 7) is 6.35. The lowest BCUT2D eigenvalue weighted by Crippen LogP contribution is -2.45. The number of nitrogens with one attached hydrogen (secondary N) is 1. The summed E-state index contributed by atoms with van der Waals surface area (Å²) in [5.74, 6) is 2.00. The highest BCUT2D eigenvalue weighted by Gasteiger charge is 2.32. The van der Waals surface area contributed by atoms with Gasteiger partial charge in [-0.25, -0.2) is 12.7 Å². The Bertz CT molecular complexity index is 324. The van der Waals surface area contributed by atoms with Gasteiger partial charge in [0.2, 0.25) is 10.0 Å². The second-order valence-corrected chi connectivity index (χ2v) is 8.51. The lowest BCUT2D eigenvalue weighted by molar-refractivity contribution is 0.386. The Morgan fingerprint density at radius 2 is 2.06 bits per heavy atom. The van der Waals surface area contributed by atoms with Crippen molar-refractivity contribution in [2.24, 2.45) is 0 Å². The second-order valence-electron chi connectivity index (χ2n) is 4.95. The van der Waals surface area contributed by atoms with Gasteiger partial charge < -0.3 is 5.32 Å². The van der Waals surface area contributed by atoms with Gasteiger partial charge in [-0.1, -0.05) is 13.8 Å². The highest BCUT2D eigenvalue weighted by Crippen LogP contribution is 2.24. The van der Waals surface area contributed by atoms with Crippen LogP contribution in [0.5, 0.6) is 0 Å². The van der Waals surface area contributed by atoms with Crippen LogP contribution in [0.15, 0.2) is 0 Å². The normalized spacial score (nSPS) is 23.5. The number of hydrogen-bond donors (Lipinski definition) is 1. The van der Waals surface area contributed by atoms with Crippen LogP contribution in [0.25, 0.3) is 0 Å². The summed E-state index contributed by atoms with van der Waals surface area (Å²) in [5, 5.41) is 2.83. The Morgan fingerprint density at radius 1 is 1.41 bits per heavy atom. The van der Waals surface area contributed by atoms with Gasteiger partial charge in [-0.15, -0.1) is 0 Å². The van der Waals surface area contributed by atoms with Crippen molar-refractivity contribution in [1.82, 2.24) is 9.62 Å². The largest absolute Gasteiger partial charge is 0.313 e. The molecule has 0 saturated carbocycles. The van der Waals surface area contributed by atoms with Crippen LogP contribution < -0.4 is 5.32 Å². The molecule has 1 fully saturated rings. The van der Waals surface area contributed by atoms with Gasteiger partial charge in [-0.2, -0.15) is 11.8 Å². The van der Waals surface area contributed by atoms with E-state index in [-0.39, 0.29) is 11.3 Å². The van der Waals surface area contributed by atoms with E-state index in [9.17, 15) is 8.42 Å². The third-order valence-electron chi connectivity index (χ3n) is 3.14. The first-order valence-corrected chi connectivity index (χ1v) is 8.79. The third-order valence-corrected chi connectivity index (χ3v) is 6.57. The fourth-order valence-electron chi connectivity index (χ4n) is 1.81. The van der Waals surface area contributed by atoms with E-state index in [0.717, 1.165) is 17.9 Å². The SMILES string of the molecule is CC(C)NCC(C)S(=O)(=O)N(C)C1CCSC1. The van der Waals surface area contributed by atoms with Crippen LogP contribution in [-0.4, -0.2) is 55.2 Å². The molecular formula is C11H24N2O2S2. The Morgan fingerprint density at radius 3 is 2.53 bits per heavy atom. The summed E-state index contributed by atoms with van der Waals surface area (Å²) in [4.78, 5) is 0. The molecule has 102 valence electrons. The molecule has 2 atom stereocenters. The predicted molar refractivity (Wildman–Crippen MR) is 75.0 cm³/mol. The van der Waals surface area contributed by atoms with Crippen molar-refractivity contribution in [3.63, 3.8) is 0 Å². The molecule has 0 aromatic heterocycles. The van der Waals surface area contributed by atoms with E-state index in [4.69, 9.17) is 0 Å². The Balaban J connectivity index is 2.59. The van der Waals surface area contributed by atoms with Gasteiger partial charge in [0.1, 0.15) is 0 Å². The van der Waals surface area contributed by atoms with E-state index in [1.165, 1.54) is 0 Å². The van der Waals surface area contributed by atoms with Crippen LogP contribution in [0.2, 0.25) is 0 Å². The van der Waals surface area contributed by atoms with Crippen molar-refractivity contribution >= 4 is 21.8 Å². The van der Waals surface area contributed by atoms with Gasteiger partial charge >= 0.3 is 0 Å². The maximum Gasteiger partial charge on any atom is 0.217 e. The van der Waals surface area contributed by atoms with Crippen LogP contribution in [-0.2, 0) is 10.0 Å². The van der Waals surface area contributed by atoms with Gasteiger partial charge in [0.15, 0.2) is 0 Å². The molecule has 0 amide bonds. The van der Waals surface area contributed by atoms with Crippen molar-refractivity contribution in [3.8, 4) is 0 Å². The quantitative estimate of drug-likeness (QED) is 0.793. The molecule has 0 aromatic carbocycles. The van der Waals surface area contributed by atoms with Crippen molar-refractivity contribution in [2.75, 3.05) is 25.1 Å². The maximum absolute atomic E-state index is 12.3. The summed E-state index contributed by atoms with van der Waals surface area (Å²) < 4.78 is 26.2. The molecule has 0 radical (unpaired) electrons. The van der Waals surface area contributed by atoms with E-state index in [0.29, 0.717) is 12.6 Å². The smallest absolute Gasteiger partial charge is 0.217 e. The monoisotopic (exact) mass is 280 g/mol. The van der Waals surface area contributed by atoms with Gasteiger partial charge in [-0.05, 0) is 19.1 Å². The molecule has 2 unspecified atom stereocenters. The fraction of sp³-hybridized carbons (Fsp3) is 1.00. The average molecular weight is 280 g/mol. The molecule has 6 heteroatoms. The predicted octanol–water partition coefficient (Wildman–Crippen LogP) is 1.14. The molecule has 1 N–H and O–H groups in total. The molecule has 17 heavy (non-hydrogen) atoms. The minimum atomic E-state index is -3.16. The molecule has 1 heterocycles. The first-order valence-electron chi connectivity index (χ1n) is 6.13. The maximum atomic E-state index is 12.3. The molecule has 1 rings (SSSR count). The Labute approximate surface area is 110 Å². The molecule has 0 aliphatic carbocycles. The van der Waals surface area contributed by atoms with Gasteiger partial charge in [0.25, 0.3) is 0 Å². The summed E-state index contributed by atoms with van der Waals surface area (Å²) in [5.41, 5.74) is 0. The number of thioether (sulfide) groups is 1. The summed E-state index contributed by atoms with van der Waals surface area (Å²) in [6, 6.07) is 0.506. The zero-order valence-corrected chi connectivity index (χ0v) is 12.8. The highest BCUT2D eigenvalue weighted by atomic mass is 32.2. The Hall–Kier alpha value is 0.220. The van der Waals surface area contributed by atoms with E-state index >= 15 is 0 Å². The van der Waals surface area contributed by atoms with Crippen LogP contribution in [0.3, 0.4) is 0 Å². The molecule has 0 bridgehead atoms. The van der Waals surface area contributed by atoms with Crippen LogP contribution in [0.4, 0.5) is 0 Å². The zero-order chi connectivity index (χ0) is 13.1. The molecule has 4 nitrogen and oxygen atoms in total. The fourth-order valence-corrected chi connectivity index (χ4v) is 4.64.